The highest BCUT2D eigenvalue weighted by Crippen LogP contribution is 2.31. The molecule has 0 saturated heterocycles. The zero-order valence-corrected chi connectivity index (χ0v) is 13.8. The van der Waals surface area contributed by atoms with Crippen molar-refractivity contribution in [2.24, 2.45) is 0 Å². The molecule has 1 N–H and O–H groups in total. The zero-order chi connectivity index (χ0) is 15.0. The van der Waals surface area contributed by atoms with Crippen molar-refractivity contribution in [3.63, 3.8) is 0 Å². The Morgan fingerprint density at radius 2 is 1.50 bits per heavy atom. The lowest BCUT2D eigenvalue weighted by Gasteiger charge is -2.21. The topological polar surface area (TPSA) is 20.2 Å². The molecule has 1 aromatic rings. The Kier molecular flexibility index (Phi) is 7.12. The highest BCUT2D eigenvalue weighted by Gasteiger charge is 2.18. The third kappa shape index (κ3) is 5.98. The number of hydrogen-bond acceptors (Lipinski definition) is 1. The predicted octanol–water partition coefficient (Wildman–Crippen LogP) is 5.98. The molecule has 0 atom stereocenters. The van der Waals surface area contributed by atoms with Gasteiger partial charge >= 0.3 is 0 Å². The lowest BCUT2D eigenvalue weighted by Crippen LogP contribution is -2.11. The first kappa shape index (κ1) is 17.1. The van der Waals surface area contributed by atoms with E-state index in [0.29, 0.717) is 5.75 Å². The molecule has 0 saturated carbocycles. The van der Waals surface area contributed by atoms with Crippen molar-refractivity contribution in [2.75, 3.05) is 0 Å². The molecule has 0 aliphatic heterocycles. The van der Waals surface area contributed by atoms with E-state index in [1.807, 2.05) is 6.07 Å². The Morgan fingerprint density at radius 3 is 2.10 bits per heavy atom. The quantitative estimate of drug-likeness (QED) is 0.579. The summed E-state index contributed by atoms with van der Waals surface area (Å²) in [5.41, 5.74) is 2.44. The fraction of sp³-hybridized carbons (Fsp3) is 0.684. The standard InChI is InChI=1S/C19H32O/c1-5-6-7-8-9-10-11-12-16-13-14-18(20)17(15-16)19(2,3)4/h13-15,20H,5-12H2,1-4H3. The maximum Gasteiger partial charge on any atom is 0.119 e. The molecule has 0 aromatic heterocycles. The van der Waals surface area contributed by atoms with Gasteiger partial charge in [0.2, 0.25) is 0 Å². The predicted molar refractivity (Wildman–Crippen MR) is 88.5 cm³/mol. The highest BCUT2D eigenvalue weighted by atomic mass is 16.3. The van der Waals surface area contributed by atoms with Gasteiger partial charge in [0.1, 0.15) is 5.75 Å². The lowest BCUT2D eigenvalue weighted by atomic mass is 9.85. The van der Waals surface area contributed by atoms with Gasteiger partial charge in [-0.05, 0) is 35.4 Å². The number of benzene rings is 1. The van der Waals surface area contributed by atoms with Gasteiger partial charge in [-0.15, -0.1) is 0 Å². The monoisotopic (exact) mass is 276 g/mol. The van der Waals surface area contributed by atoms with E-state index in [-0.39, 0.29) is 5.41 Å². The van der Waals surface area contributed by atoms with Crippen LogP contribution in [0.3, 0.4) is 0 Å². The molecule has 114 valence electrons. The van der Waals surface area contributed by atoms with Crippen molar-refractivity contribution in [3.05, 3.63) is 29.3 Å². The Morgan fingerprint density at radius 1 is 0.900 bits per heavy atom. The Labute approximate surface area is 125 Å². The zero-order valence-electron chi connectivity index (χ0n) is 13.8. The molecule has 1 heteroatoms. The average molecular weight is 276 g/mol. The minimum atomic E-state index is 0.0141. The summed E-state index contributed by atoms with van der Waals surface area (Å²) < 4.78 is 0. The number of phenolic OH excluding ortho intramolecular Hbond substituents is 1. The van der Waals surface area contributed by atoms with Gasteiger partial charge in [-0.2, -0.15) is 0 Å². The normalized spacial score (nSPS) is 11.8. The molecule has 0 aliphatic rings. The van der Waals surface area contributed by atoms with Crippen LogP contribution < -0.4 is 0 Å². The second-order valence-electron chi connectivity index (χ2n) is 6.97. The number of hydrogen-bond donors (Lipinski definition) is 1. The van der Waals surface area contributed by atoms with Crippen molar-refractivity contribution in [1.82, 2.24) is 0 Å². The summed E-state index contributed by atoms with van der Waals surface area (Å²) in [7, 11) is 0. The minimum absolute atomic E-state index is 0.0141. The first-order valence-corrected chi connectivity index (χ1v) is 8.27. The molecule has 0 aliphatic carbocycles. The van der Waals surface area contributed by atoms with E-state index in [0.717, 1.165) is 12.0 Å². The van der Waals surface area contributed by atoms with Crippen LogP contribution in [0.4, 0.5) is 0 Å². The second-order valence-corrected chi connectivity index (χ2v) is 6.97. The summed E-state index contributed by atoms with van der Waals surface area (Å²) in [6.07, 6.45) is 10.6. The molecule has 0 fully saturated rings. The van der Waals surface area contributed by atoms with E-state index >= 15 is 0 Å². The molecule has 0 unspecified atom stereocenters. The largest absolute Gasteiger partial charge is 0.508 e. The third-order valence-electron chi connectivity index (χ3n) is 3.94. The van der Waals surface area contributed by atoms with Crippen molar-refractivity contribution >= 4 is 0 Å². The summed E-state index contributed by atoms with van der Waals surface area (Å²) >= 11 is 0. The van der Waals surface area contributed by atoms with Crippen LogP contribution in [0, 0.1) is 0 Å². The van der Waals surface area contributed by atoms with Crippen LogP contribution in [-0.4, -0.2) is 5.11 Å². The maximum absolute atomic E-state index is 9.96. The third-order valence-corrected chi connectivity index (χ3v) is 3.94. The van der Waals surface area contributed by atoms with Gasteiger partial charge in [0.05, 0.1) is 0 Å². The van der Waals surface area contributed by atoms with Crippen molar-refractivity contribution in [1.29, 1.82) is 0 Å². The molecule has 1 aromatic carbocycles. The van der Waals surface area contributed by atoms with Crippen LogP contribution in [0.1, 0.15) is 83.8 Å². The van der Waals surface area contributed by atoms with Crippen molar-refractivity contribution in [2.45, 2.75) is 84.5 Å². The Hall–Kier alpha value is -0.980. The SMILES string of the molecule is CCCCCCCCCc1ccc(O)c(C(C)(C)C)c1. The molecule has 1 rings (SSSR count). The summed E-state index contributed by atoms with van der Waals surface area (Å²) in [5, 5.41) is 9.96. The van der Waals surface area contributed by atoms with E-state index < -0.39 is 0 Å². The van der Waals surface area contributed by atoms with E-state index in [2.05, 4.69) is 39.8 Å². The van der Waals surface area contributed by atoms with Crippen LogP contribution in [0.25, 0.3) is 0 Å². The Balaban J connectivity index is 2.38. The van der Waals surface area contributed by atoms with E-state index in [1.54, 1.807) is 0 Å². The fourth-order valence-corrected chi connectivity index (χ4v) is 2.63. The summed E-state index contributed by atoms with van der Waals surface area (Å²) in [6.45, 7) is 8.72. The molecule has 20 heavy (non-hydrogen) atoms. The number of aromatic hydroxyl groups is 1. The molecule has 1 nitrogen and oxygen atoms in total. The lowest BCUT2D eigenvalue weighted by molar-refractivity contribution is 0.446. The van der Waals surface area contributed by atoms with E-state index in [9.17, 15) is 5.11 Å². The van der Waals surface area contributed by atoms with Crippen LogP contribution in [0.15, 0.2) is 18.2 Å². The molecule has 0 bridgehead atoms. The molecule has 0 amide bonds. The number of rotatable bonds is 8. The van der Waals surface area contributed by atoms with Gasteiger partial charge in [-0.1, -0.05) is 78.4 Å². The van der Waals surface area contributed by atoms with Crippen LogP contribution >= 0.6 is 0 Å². The van der Waals surface area contributed by atoms with Crippen molar-refractivity contribution < 1.29 is 5.11 Å². The highest BCUT2D eigenvalue weighted by molar-refractivity contribution is 5.40. The van der Waals surface area contributed by atoms with Crippen LogP contribution in [-0.2, 0) is 11.8 Å². The maximum atomic E-state index is 9.96. The second kappa shape index (κ2) is 8.34. The molecular formula is C19H32O. The van der Waals surface area contributed by atoms with E-state index in [4.69, 9.17) is 0 Å². The smallest absolute Gasteiger partial charge is 0.119 e. The van der Waals surface area contributed by atoms with Crippen LogP contribution in [0.5, 0.6) is 5.75 Å². The van der Waals surface area contributed by atoms with Gasteiger partial charge in [0.15, 0.2) is 0 Å². The number of unbranched alkanes of at least 4 members (excludes halogenated alkanes) is 6. The van der Waals surface area contributed by atoms with Crippen LogP contribution in [0.2, 0.25) is 0 Å². The summed E-state index contributed by atoms with van der Waals surface area (Å²) in [6, 6.07) is 6.12. The fourth-order valence-electron chi connectivity index (χ4n) is 2.63. The van der Waals surface area contributed by atoms with Gasteiger partial charge in [0, 0.05) is 0 Å². The average Bonchev–Trinajstić information content (AvgIpc) is 2.38. The van der Waals surface area contributed by atoms with E-state index in [1.165, 1.54) is 50.5 Å². The van der Waals surface area contributed by atoms with Gasteiger partial charge in [0.25, 0.3) is 0 Å². The molecule has 0 spiro atoms. The minimum Gasteiger partial charge on any atom is -0.508 e. The summed E-state index contributed by atoms with van der Waals surface area (Å²) in [4.78, 5) is 0. The first-order valence-electron chi connectivity index (χ1n) is 8.27. The number of phenols is 1. The Bertz CT molecular complexity index is 387. The first-order chi connectivity index (χ1) is 9.45. The molecular weight excluding hydrogens is 244 g/mol. The summed E-state index contributed by atoms with van der Waals surface area (Å²) in [5.74, 6) is 0.431. The molecule has 0 heterocycles. The van der Waals surface area contributed by atoms with Gasteiger partial charge in [-0.25, -0.2) is 0 Å². The van der Waals surface area contributed by atoms with Gasteiger partial charge in [-0.3, -0.25) is 0 Å². The number of aryl methyl sites for hydroxylation is 1. The van der Waals surface area contributed by atoms with Gasteiger partial charge < -0.3 is 5.11 Å². The van der Waals surface area contributed by atoms with Crippen molar-refractivity contribution in [3.8, 4) is 5.75 Å². The molecule has 0 radical (unpaired) electrons.